The van der Waals surface area contributed by atoms with Gasteiger partial charge >= 0.3 is 5.97 Å². The fourth-order valence-electron chi connectivity index (χ4n) is 5.36. The molecule has 5 nitrogen and oxygen atoms in total. The van der Waals surface area contributed by atoms with Crippen molar-refractivity contribution in [3.05, 3.63) is 29.3 Å². The third-order valence-corrected chi connectivity index (χ3v) is 6.34. The van der Waals surface area contributed by atoms with Crippen LogP contribution in [-0.4, -0.2) is 51.3 Å². The van der Waals surface area contributed by atoms with E-state index in [4.69, 9.17) is 14.2 Å². The second kappa shape index (κ2) is 6.02. The summed E-state index contributed by atoms with van der Waals surface area (Å²) in [7, 11) is 3.16. The standard InChI is InChI=1S/C21H27NO4/c1-20(2)12-21(19(23)25-4)13-22(10-17(20)21)9-14-8-15-6-5-7-16(24-3)18(15)26-11-14/h5-8,17H,9-13H2,1-4H3/t17-,21+/m1/s1. The van der Waals surface area contributed by atoms with E-state index in [2.05, 4.69) is 24.8 Å². The van der Waals surface area contributed by atoms with Gasteiger partial charge in [0.1, 0.15) is 6.61 Å². The Hall–Kier alpha value is -2.01. The van der Waals surface area contributed by atoms with Gasteiger partial charge in [0.25, 0.3) is 0 Å². The second-order valence-electron chi connectivity index (χ2n) is 8.51. The molecule has 1 saturated carbocycles. The van der Waals surface area contributed by atoms with Crippen molar-refractivity contribution < 1.29 is 19.0 Å². The molecule has 3 aliphatic rings. The predicted octanol–water partition coefficient (Wildman–Crippen LogP) is 2.99. The van der Waals surface area contributed by atoms with Gasteiger partial charge in [-0.3, -0.25) is 9.69 Å². The van der Waals surface area contributed by atoms with E-state index in [0.29, 0.717) is 12.5 Å². The van der Waals surface area contributed by atoms with Crippen LogP contribution in [0.15, 0.2) is 23.8 Å². The van der Waals surface area contributed by atoms with Crippen molar-refractivity contribution in [3.63, 3.8) is 0 Å². The van der Waals surface area contributed by atoms with Crippen LogP contribution in [0.25, 0.3) is 6.08 Å². The lowest BCUT2D eigenvalue weighted by Crippen LogP contribution is -2.57. The smallest absolute Gasteiger partial charge is 0.313 e. The number of hydrogen-bond acceptors (Lipinski definition) is 5. The van der Waals surface area contributed by atoms with E-state index in [1.165, 1.54) is 12.7 Å². The Morgan fingerprint density at radius 2 is 2.15 bits per heavy atom. The van der Waals surface area contributed by atoms with E-state index in [1.807, 2.05) is 18.2 Å². The molecule has 0 spiro atoms. The summed E-state index contributed by atoms with van der Waals surface area (Å²) in [5, 5.41) is 0. The fraction of sp³-hybridized carbons (Fsp3) is 0.571. The Kier molecular flexibility index (Phi) is 4.03. The minimum Gasteiger partial charge on any atom is -0.493 e. The first kappa shape index (κ1) is 17.4. The van der Waals surface area contributed by atoms with Crippen LogP contribution < -0.4 is 9.47 Å². The molecule has 1 aliphatic carbocycles. The largest absolute Gasteiger partial charge is 0.493 e. The summed E-state index contributed by atoms with van der Waals surface area (Å²) < 4.78 is 16.5. The van der Waals surface area contributed by atoms with E-state index in [-0.39, 0.29) is 16.8 Å². The molecule has 0 aromatic heterocycles. The number of para-hydroxylation sites is 1. The van der Waals surface area contributed by atoms with Crippen LogP contribution in [0.5, 0.6) is 11.5 Å². The van der Waals surface area contributed by atoms with Gasteiger partial charge in [0, 0.05) is 25.2 Å². The van der Waals surface area contributed by atoms with Crippen LogP contribution in [-0.2, 0) is 9.53 Å². The van der Waals surface area contributed by atoms with Gasteiger partial charge < -0.3 is 14.2 Å². The number of methoxy groups -OCH3 is 2. The lowest BCUT2D eigenvalue weighted by Gasteiger charge is -2.54. The molecule has 5 heteroatoms. The highest BCUT2D eigenvalue weighted by molar-refractivity contribution is 5.80. The summed E-state index contributed by atoms with van der Waals surface area (Å²) in [6.45, 7) is 7.60. The highest BCUT2D eigenvalue weighted by Crippen LogP contribution is 2.63. The van der Waals surface area contributed by atoms with Crippen LogP contribution >= 0.6 is 0 Å². The molecule has 2 heterocycles. The Morgan fingerprint density at radius 3 is 2.85 bits per heavy atom. The maximum absolute atomic E-state index is 12.5. The van der Waals surface area contributed by atoms with Crippen LogP contribution in [0.3, 0.4) is 0 Å². The van der Waals surface area contributed by atoms with Crippen LogP contribution in [0.4, 0.5) is 0 Å². The van der Waals surface area contributed by atoms with Crippen LogP contribution in [0.2, 0.25) is 0 Å². The zero-order valence-corrected chi connectivity index (χ0v) is 16.0. The Labute approximate surface area is 154 Å². The first-order valence-corrected chi connectivity index (χ1v) is 9.20. The normalized spacial score (nSPS) is 28.9. The van der Waals surface area contributed by atoms with Crippen LogP contribution in [0, 0.1) is 16.7 Å². The summed E-state index contributed by atoms with van der Waals surface area (Å²) >= 11 is 0. The quantitative estimate of drug-likeness (QED) is 0.776. The monoisotopic (exact) mass is 357 g/mol. The number of nitrogens with zero attached hydrogens (tertiary/aromatic N) is 1. The first-order chi connectivity index (χ1) is 12.4. The van der Waals surface area contributed by atoms with Gasteiger partial charge in [0.15, 0.2) is 11.5 Å². The number of hydrogen-bond donors (Lipinski definition) is 0. The van der Waals surface area contributed by atoms with Gasteiger partial charge in [0.05, 0.1) is 19.6 Å². The average molecular weight is 357 g/mol. The van der Waals surface area contributed by atoms with Gasteiger partial charge in [-0.05, 0) is 35.5 Å². The zero-order valence-electron chi connectivity index (χ0n) is 16.0. The van der Waals surface area contributed by atoms with Crippen molar-refractivity contribution in [1.82, 2.24) is 4.90 Å². The van der Waals surface area contributed by atoms with Crippen molar-refractivity contribution in [1.29, 1.82) is 0 Å². The fourth-order valence-corrected chi connectivity index (χ4v) is 5.36. The molecular weight excluding hydrogens is 330 g/mol. The maximum atomic E-state index is 12.5. The molecule has 0 radical (unpaired) electrons. The molecule has 0 N–H and O–H groups in total. The number of ether oxygens (including phenoxy) is 3. The highest BCUT2D eigenvalue weighted by Gasteiger charge is 2.67. The molecule has 2 aliphatic heterocycles. The van der Waals surface area contributed by atoms with Gasteiger partial charge in [-0.15, -0.1) is 0 Å². The number of benzene rings is 1. The number of rotatable bonds is 4. The molecule has 0 unspecified atom stereocenters. The SMILES string of the molecule is COC(=O)[C@@]12CN(CC3=Cc4cccc(OC)c4OC3)C[C@@H]1C(C)(C)C2. The number of likely N-dealkylation sites (tertiary alicyclic amines) is 1. The molecule has 1 aromatic carbocycles. The van der Waals surface area contributed by atoms with E-state index < -0.39 is 0 Å². The lowest BCUT2D eigenvalue weighted by molar-refractivity contribution is -0.174. The predicted molar refractivity (Wildman–Crippen MR) is 99.2 cm³/mol. The average Bonchev–Trinajstić information content (AvgIpc) is 2.95. The molecule has 0 amide bonds. The topological polar surface area (TPSA) is 48.0 Å². The molecule has 1 aromatic rings. The summed E-state index contributed by atoms with van der Waals surface area (Å²) in [6, 6.07) is 5.94. The summed E-state index contributed by atoms with van der Waals surface area (Å²) in [6.07, 6.45) is 3.10. The molecule has 2 atom stereocenters. The maximum Gasteiger partial charge on any atom is 0.313 e. The van der Waals surface area contributed by atoms with Crippen molar-refractivity contribution in [3.8, 4) is 11.5 Å². The van der Waals surface area contributed by atoms with E-state index in [1.54, 1.807) is 7.11 Å². The lowest BCUT2D eigenvalue weighted by atomic mass is 9.48. The Morgan fingerprint density at radius 1 is 1.35 bits per heavy atom. The summed E-state index contributed by atoms with van der Waals surface area (Å²) in [5.41, 5.74) is 2.15. The highest BCUT2D eigenvalue weighted by atomic mass is 16.5. The molecule has 2 fully saturated rings. The molecule has 1 saturated heterocycles. The van der Waals surface area contributed by atoms with Crippen molar-refractivity contribution in [2.24, 2.45) is 16.7 Å². The van der Waals surface area contributed by atoms with Gasteiger partial charge in [-0.1, -0.05) is 26.0 Å². The molecule has 26 heavy (non-hydrogen) atoms. The van der Waals surface area contributed by atoms with Crippen molar-refractivity contribution >= 4 is 12.0 Å². The summed E-state index contributed by atoms with van der Waals surface area (Å²) in [4.78, 5) is 14.8. The number of carbonyl (C=O) groups excluding carboxylic acids is 1. The summed E-state index contributed by atoms with van der Waals surface area (Å²) in [5.74, 6) is 1.89. The number of esters is 1. The zero-order chi connectivity index (χ0) is 18.5. The molecule has 0 bridgehead atoms. The Bertz CT molecular complexity index is 769. The van der Waals surface area contributed by atoms with E-state index in [0.717, 1.165) is 43.1 Å². The van der Waals surface area contributed by atoms with E-state index >= 15 is 0 Å². The third kappa shape index (κ3) is 2.52. The Balaban J connectivity index is 1.52. The molecule has 4 rings (SSSR count). The number of carbonyl (C=O) groups is 1. The third-order valence-electron chi connectivity index (χ3n) is 6.34. The van der Waals surface area contributed by atoms with Gasteiger partial charge in [-0.2, -0.15) is 0 Å². The second-order valence-corrected chi connectivity index (χ2v) is 8.51. The van der Waals surface area contributed by atoms with Crippen molar-refractivity contribution in [2.75, 3.05) is 40.5 Å². The first-order valence-electron chi connectivity index (χ1n) is 9.20. The minimum absolute atomic E-state index is 0.0479. The van der Waals surface area contributed by atoms with Gasteiger partial charge in [-0.25, -0.2) is 0 Å². The van der Waals surface area contributed by atoms with Crippen molar-refractivity contribution in [2.45, 2.75) is 20.3 Å². The van der Waals surface area contributed by atoms with Gasteiger partial charge in [0.2, 0.25) is 0 Å². The number of fused-ring (bicyclic) bond motifs is 2. The molecular formula is C21H27NO4. The van der Waals surface area contributed by atoms with Crippen LogP contribution in [0.1, 0.15) is 25.8 Å². The minimum atomic E-state index is -0.324. The van der Waals surface area contributed by atoms with E-state index in [9.17, 15) is 4.79 Å². The molecule has 140 valence electrons.